The van der Waals surface area contributed by atoms with Gasteiger partial charge >= 0.3 is 5.97 Å². The Labute approximate surface area is 142 Å². The van der Waals surface area contributed by atoms with Crippen molar-refractivity contribution in [3.05, 3.63) is 53.3 Å². The highest BCUT2D eigenvalue weighted by Crippen LogP contribution is 2.20. The highest BCUT2D eigenvalue weighted by Gasteiger charge is 2.23. The summed E-state index contributed by atoms with van der Waals surface area (Å²) in [6.07, 6.45) is 5.03. The molecule has 1 atom stereocenters. The van der Waals surface area contributed by atoms with E-state index in [1.54, 1.807) is 11.4 Å². The highest BCUT2D eigenvalue weighted by molar-refractivity contribution is 7.92. The molecule has 0 amide bonds. The van der Waals surface area contributed by atoms with Gasteiger partial charge in [0, 0.05) is 6.42 Å². The quantitative estimate of drug-likeness (QED) is 0.579. The molecule has 0 N–H and O–H groups in total. The highest BCUT2D eigenvalue weighted by atomic mass is 32.2. The van der Waals surface area contributed by atoms with Crippen molar-refractivity contribution in [3.8, 4) is 0 Å². The molecule has 0 unspecified atom stereocenters. The molecule has 0 bridgehead atoms. The maximum atomic E-state index is 12.0. The van der Waals surface area contributed by atoms with Crippen molar-refractivity contribution in [1.29, 1.82) is 0 Å². The van der Waals surface area contributed by atoms with Gasteiger partial charge in [0.15, 0.2) is 0 Å². The lowest BCUT2D eigenvalue weighted by molar-refractivity contribution is -0.362. The number of hydrogen-bond acceptors (Lipinski definition) is 7. The number of thiophene rings is 1. The van der Waals surface area contributed by atoms with E-state index in [-0.39, 0.29) is 22.1 Å². The normalized spacial score (nSPS) is 20.2. The average Bonchev–Trinajstić information content (AvgIpc) is 3.20. The number of sulfonamides is 1. The molecule has 1 saturated heterocycles. The lowest BCUT2D eigenvalue weighted by Gasteiger charge is -2.21. The number of cyclic esters (lactones) is 1. The lowest BCUT2D eigenvalue weighted by atomic mass is 10.1. The van der Waals surface area contributed by atoms with Crippen LogP contribution in [0.25, 0.3) is 0 Å². The van der Waals surface area contributed by atoms with Crippen molar-refractivity contribution in [3.63, 3.8) is 0 Å². The second kappa shape index (κ2) is 6.62. The molecule has 0 aromatic carbocycles. The maximum absolute atomic E-state index is 12.0. The number of esters is 1. The van der Waals surface area contributed by atoms with E-state index >= 15 is 0 Å². The molecule has 1 aromatic heterocycles. The first-order valence-electron chi connectivity index (χ1n) is 6.95. The minimum absolute atomic E-state index is 0.144. The molecule has 0 saturated carbocycles. The van der Waals surface area contributed by atoms with Crippen LogP contribution in [-0.4, -0.2) is 32.8 Å². The molecule has 3 rings (SSSR count). The zero-order valence-electron chi connectivity index (χ0n) is 12.2. The van der Waals surface area contributed by atoms with E-state index in [1.165, 1.54) is 30.4 Å². The van der Waals surface area contributed by atoms with Crippen LogP contribution in [0, 0.1) is 0 Å². The van der Waals surface area contributed by atoms with Crippen molar-refractivity contribution < 1.29 is 27.8 Å². The molecule has 1 aliphatic carbocycles. The monoisotopic (exact) mass is 366 g/mol. The van der Waals surface area contributed by atoms with Gasteiger partial charge < -0.3 is 14.6 Å². The van der Waals surface area contributed by atoms with Crippen LogP contribution in [0.2, 0.25) is 0 Å². The Morgan fingerprint density at radius 2 is 2.08 bits per heavy atom. The summed E-state index contributed by atoms with van der Waals surface area (Å²) >= 11 is 1.08. The summed E-state index contributed by atoms with van der Waals surface area (Å²) in [6, 6.07) is 3.09. The molecule has 1 fully saturated rings. The largest absolute Gasteiger partial charge is 0.598 e. The number of carbonyl (C=O) groups is 1. The second-order valence-corrected chi connectivity index (χ2v) is 7.67. The Kier molecular flexibility index (Phi) is 4.54. The van der Waals surface area contributed by atoms with E-state index < -0.39 is 28.0 Å². The van der Waals surface area contributed by atoms with E-state index in [0.717, 1.165) is 11.3 Å². The molecule has 7 nitrogen and oxygen atoms in total. The van der Waals surface area contributed by atoms with Gasteiger partial charge in [0.05, 0.1) is 18.3 Å². The Balaban J connectivity index is 1.74. The van der Waals surface area contributed by atoms with Crippen LogP contribution < -0.4 is 5.11 Å². The number of hydrogen-bond donors (Lipinski definition) is 0. The summed E-state index contributed by atoms with van der Waals surface area (Å²) in [6.45, 7) is 0.231. The summed E-state index contributed by atoms with van der Waals surface area (Å²) in [4.78, 5) is 11.3. The van der Waals surface area contributed by atoms with Crippen LogP contribution in [0.4, 0.5) is 0 Å². The van der Waals surface area contributed by atoms with Gasteiger partial charge in [-0.3, -0.25) is 4.79 Å². The second-order valence-electron chi connectivity index (χ2n) is 4.90. The van der Waals surface area contributed by atoms with Gasteiger partial charge in [-0.1, -0.05) is 18.2 Å². The molecule has 9 heteroatoms. The Morgan fingerprint density at radius 1 is 1.33 bits per heavy atom. The molecular weight excluding hydrogens is 354 g/mol. The number of nitrogens with zero attached hydrogens (tertiary/aromatic N) is 1. The average molecular weight is 366 g/mol. The van der Waals surface area contributed by atoms with Crippen molar-refractivity contribution in [2.24, 2.45) is 4.40 Å². The van der Waals surface area contributed by atoms with Gasteiger partial charge in [0.25, 0.3) is 10.0 Å². The molecule has 24 heavy (non-hydrogen) atoms. The topological polar surface area (TPSA) is 105 Å². The van der Waals surface area contributed by atoms with Gasteiger partial charge in [0.2, 0.25) is 0 Å². The third-order valence-electron chi connectivity index (χ3n) is 3.21. The minimum atomic E-state index is -3.76. The van der Waals surface area contributed by atoms with Crippen molar-refractivity contribution in [2.45, 2.75) is 16.7 Å². The molecule has 1 aliphatic heterocycles. The predicted octanol–water partition coefficient (Wildman–Crippen LogP) is 0.908. The standard InChI is InChI=1S/C15H13NO6S2/c17-14(22-12-7-8-21-15(12)18)10-3-5-11(6-4-10)16-24(19,20)13-2-1-9-23-13/h1-6,9,12,17H,7-8H2/p-1/t12-/m1/s1. The molecule has 2 heterocycles. The van der Waals surface area contributed by atoms with Crippen molar-refractivity contribution >= 4 is 33.0 Å². The van der Waals surface area contributed by atoms with Crippen LogP contribution in [-0.2, 0) is 24.3 Å². The summed E-state index contributed by atoms with van der Waals surface area (Å²) in [5.41, 5.74) is 0.391. The van der Waals surface area contributed by atoms with E-state index in [9.17, 15) is 18.3 Å². The summed E-state index contributed by atoms with van der Waals surface area (Å²) in [5.74, 6) is -1.23. The summed E-state index contributed by atoms with van der Waals surface area (Å²) < 4.78 is 37.7. The van der Waals surface area contributed by atoms with Crippen molar-refractivity contribution in [1.82, 2.24) is 0 Å². The van der Waals surface area contributed by atoms with Crippen LogP contribution in [0.1, 0.15) is 6.42 Å². The smallest absolute Gasteiger partial charge is 0.319 e. The Morgan fingerprint density at radius 3 is 2.67 bits per heavy atom. The molecule has 0 radical (unpaired) electrons. The summed E-state index contributed by atoms with van der Waals surface area (Å²) in [5, 5.41) is 13.6. The Hall–Kier alpha value is -2.39. The number of allylic oxidation sites excluding steroid dienone is 5. The fourth-order valence-electron chi connectivity index (χ4n) is 2.03. The van der Waals surface area contributed by atoms with Gasteiger partial charge in [-0.15, -0.1) is 11.3 Å². The summed E-state index contributed by atoms with van der Waals surface area (Å²) in [7, 11) is -3.76. The Bertz CT molecular complexity index is 844. The zero-order valence-corrected chi connectivity index (χ0v) is 13.9. The van der Waals surface area contributed by atoms with Crippen LogP contribution >= 0.6 is 11.3 Å². The van der Waals surface area contributed by atoms with E-state index in [0.29, 0.717) is 6.42 Å². The van der Waals surface area contributed by atoms with Crippen LogP contribution in [0.15, 0.2) is 61.9 Å². The predicted molar refractivity (Wildman–Crippen MR) is 84.7 cm³/mol. The number of rotatable bonds is 4. The maximum Gasteiger partial charge on any atom is 0.319 e. The molecular formula is C15H12NO6S2-. The van der Waals surface area contributed by atoms with E-state index in [4.69, 9.17) is 9.47 Å². The van der Waals surface area contributed by atoms with Crippen LogP contribution in [0.5, 0.6) is 0 Å². The number of ether oxygens (including phenoxy) is 2. The fraction of sp³-hybridized carbons (Fsp3) is 0.200. The van der Waals surface area contributed by atoms with Crippen molar-refractivity contribution in [2.75, 3.05) is 6.61 Å². The van der Waals surface area contributed by atoms with Gasteiger partial charge in [-0.05, 0) is 29.2 Å². The number of carbonyl (C=O) groups excluding carboxylic acids is 1. The third kappa shape index (κ3) is 3.57. The first kappa shape index (κ1) is 16.5. The van der Waals surface area contributed by atoms with Crippen LogP contribution in [0.3, 0.4) is 0 Å². The first-order valence-corrected chi connectivity index (χ1v) is 9.27. The zero-order chi connectivity index (χ0) is 17.2. The lowest BCUT2D eigenvalue weighted by Crippen LogP contribution is -2.23. The minimum Gasteiger partial charge on any atom is -0.598 e. The molecule has 1 aromatic rings. The fourth-order valence-corrected chi connectivity index (χ4v) is 3.99. The molecule has 2 aliphatic rings. The van der Waals surface area contributed by atoms with Gasteiger partial charge in [-0.2, -0.15) is 12.8 Å². The molecule has 126 valence electrons. The van der Waals surface area contributed by atoms with E-state index in [1.807, 2.05) is 0 Å². The third-order valence-corrected chi connectivity index (χ3v) is 5.89. The van der Waals surface area contributed by atoms with Gasteiger partial charge in [-0.25, -0.2) is 0 Å². The molecule has 0 spiro atoms. The SMILES string of the molecule is O=C1OCC[C@H]1OC([O-])=C1C=CC(=NS(=O)(=O)c2cccs2)C=C1. The first-order chi connectivity index (χ1) is 11.5. The van der Waals surface area contributed by atoms with Gasteiger partial charge in [0.1, 0.15) is 10.3 Å². The van der Waals surface area contributed by atoms with E-state index in [2.05, 4.69) is 4.40 Å².